The molecule has 3 nitrogen and oxygen atoms in total. The van der Waals surface area contributed by atoms with Crippen molar-refractivity contribution in [3.8, 4) is 0 Å². The number of nitrogens with zero attached hydrogens (tertiary/aromatic N) is 1. The number of methoxy groups -OCH3 is 1. The maximum absolute atomic E-state index is 9.80. The van der Waals surface area contributed by atoms with E-state index in [1.54, 1.807) is 7.11 Å². The van der Waals surface area contributed by atoms with Gasteiger partial charge in [-0.15, -0.1) is 0 Å². The lowest BCUT2D eigenvalue weighted by molar-refractivity contribution is 0.00664. The van der Waals surface area contributed by atoms with Gasteiger partial charge in [0.2, 0.25) is 0 Å². The highest BCUT2D eigenvalue weighted by atomic mass is 16.5. The summed E-state index contributed by atoms with van der Waals surface area (Å²) in [7, 11) is 1.75. The van der Waals surface area contributed by atoms with Crippen LogP contribution in [-0.4, -0.2) is 48.5 Å². The molecule has 1 aliphatic rings. The molecule has 0 aromatic carbocycles. The van der Waals surface area contributed by atoms with E-state index in [1.807, 2.05) is 0 Å². The SMILES string of the molecule is COCCN(C(C)C)C1CC(O)CCC1C. The molecule has 0 bridgehead atoms. The minimum atomic E-state index is -0.106. The Morgan fingerprint density at radius 3 is 2.62 bits per heavy atom. The van der Waals surface area contributed by atoms with Gasteiger partial charge in [-0.2, -0.15) is 0 Å². The summed E-state index contributed by atoms with van der Waals surface area (Å²) in [5.74, 6) is 0.683. The van der Waals surface area contributed by atoms with Gasteiger partial charge >= 0.3 is 0 Å². The highest BCUT2D eigenvalue weighted by Gasteiger charge is 2.32. The zero-order valence-electron chi connectivity index (χ0n) is 11.1. The molecule has 3 heteroatoms. The summed E-state index contributed by atoms with van der Waals surface area (Å²) in [4.78, 5) is 2.48. The van der Waals surface area contributed by atoms with Crippen LogP contribution in [0.25, 0.3) is 0 Å². The molecule has 0 aliphatic heterocycles. The van der Waals surface area contributed by atoms with E-state index in [9.17, 15) is 5.11 Å². The van der Waals surface area contributed by atoms with Crippen molar-refractivity contribution in [2.24, 2.45) is 5.92 Å². The molecule has 96 valence electrons. The molecule has 0 saturated heterocycles. The second-order valence-corrected chi connectivity index (χ2v) is 5.34. The number of hydrogen-bond acceptors (Lipinski definition) is 3. The molecule has 0 heterocycles. The van der Waals surface area contributed by atoms with E-state index in [0.717, 1.165) is 32.4 Å². The third kappa shape index (κ3) is 3.72. The summed E-state index contributed by atoms with van der Waals surface area (Å²) in [5, 5.41) is 9.80. The summed E-state index contributed by atoms with van der Waals surface area (Å²) in [6.45, 7) is 8.50. The van der Waals surface area contributed by atoms with Crippen molar-refractivity contribution in [1.29, 1.82) is 0 Å². The van der Waals surface area contributed by atoms with Gasteiger partial charge in [0.25, 0.3) is 0 Å². The monoisotopic (exact) mass is 229 g/mol. The van der Waals surface area contributed by atoms with E-state index < -0.39 is 0 Å². The Hall–Kier alpha value is -0.120. The molecule has 1 aliphatic carbocycles. The van der Waals surface area contributed by atoms with E-state index in [-0.39, 0.29) is 6.10 Å². The Kier molecular flexibility index (Phi) is 5.73. The first-order valence-corrected chi connectivity index (χ1v) is 6.49. The van der Waals surface area contributed by atoms with Gasteiger partial charge in [-0.1, -0.05) is 6.92 Å². The van der Waals surface area contributed by atoms with Gasteiger partial charge in [0.15, 0.2) is 0 Å². The highest BCUT2D eigenvalue weighted by molar-refractivity contribution is 4.86. The smallest absolute Gasteiger partial charge is 0.0589 e. The number of ether oxygens (including phenoxy) is 1. The van der Waals surface area contributed by atoms with Gasteiger partial charge in [-0.3, -0.25) is 4.90 Å². The topological polar surface area (TPSA) is 32.7 Å². The van der Waals surface area contributed by atoms with Crippen LogP contribution >= 0.6 is 0 Å². The fraction of sp³-hybridized carbons (Fsp3) is 1.00. The van der Waals surface area contributed by atoms with Crippen molar-refractivity contribution < 1.29 is 9.84 Å². The summed E-state index contributed by atoms with van der Waals surface area (Å²) < 4.78 is 5.17. The minimum absolute atomic E-state index is 0.106. The van der Waals surface area contributed by atoms with Crippen LogP contribution in [0.2, 0.25) is 0 Å². The molecule has 16 heavy (non-hydrogen) atoms. The van der Waals surface area contributed by atoms with Crippen LogP contribution in [0.5, 0.6) is 0 Å². The van der Waals surface area contributed by atoms with Crippen molar-refractivity contribution in [3.05, 3.63) is 0 Å². The summed E-state index contributed by atoms with van der Waals surface area (Å²) in [6, 6.07) is 1.03. The highest BCUT2D eigenvalue weighted by Crippen LogP contribution is 2.29. The normalized spacial score (nSPS) is 31.3. The molecule has 3 atom stereocenters. The van der Waals surface area contributed by atoms with Gasteiger partial charge in [0, 0.05) is 25.7 Å². The van der Waals surface area contributed by atoms with E-state index in [2.05, 4.69) is 25.7 Å². The van der Waals surface area contributed by atoms with Crippen LogP contribution in [0, 0.1) is 5.92 Å². The van der Waals surface area contributed by atoms with E-state index in [4.69, 9.17) is 4.74 Å². The fourth-order valence-electron chi connectivity index (χ4n) is 2.74. The first-order chi connectivity index (χ1) is 7.56. The van der Waals surface area contributed by atoms with Crippen LogP contribution in [-0.2, 0) is 4.74 Å². The maximum atomic E-state index is 9.80. The van der Waals surface area contributed by atoms with E-state index in [0.29, 0.717) is 18.0 Å². The Bertz CT molecular complexity index is 196. The molecule has 0 aromatic heterocycles. The molecule has 0 radical (unpaired) electrons. The fourth-order valence-corrected chi connectivity index (χ4v) is 2.74. The molecule has 3 unspecified atom stereocenters. The van der Waals surface area contributed by atoms with Crippen molar-refractivity contribution in [3.63, 3.8) is 0 Å². The van der Waals surface area contributed by atoms with Crippen LogP contribution in [0.3, 0.4) is 0 Å². The lowest BCUT2D eigenvalue weighted by Gasteiger charge is -2.42. The standard InChI is InChI=1S/C13H27NO2/c1-10(2)14(7-8-16-4)13-9-12(15)6-5-11(13)3/h10-13,15H,5-9H2,1-4H3. The molecule has 0 aromatic rings. The molecular formula is C13H27NO2. The number of rotatable bonds is 5. The van der Waals surface area contributed by atoms with Crippen molar-refractivity contribution in [2.75, 3.05) is 20.3 Å². The van der Waals surface area contributed by atoms with Gasteiger partial charge in [-0.25, -0.2) is 0 Å². The van der Waals surface area contributed by atoms with Crippen molar-refractivity contribution >= 4 is 0 Å². The predicted molar refractivity (Wildman–Crippen MR) is 66.5 cm³/mol. The second-order valence-electron chi connectivity index (χ2n) is 5.34. The number of hydrogen-bond donors (Lipinski definition) is 1. The average molecular weight is 229 g/mol. The zero-order chi connectivity index (χ0) is 12.1. The molecule has 1 N–H and O–H groups in total. The lowest BCUT2D eigenvalue weighted by atomic mass is 9.82. The Morgan fingerprint density at radius 2 is 2.06 bits per heavy atom. The number of aliphatic hydroxyl groups excluding tert-OH is 1. The van der Waals surface area contributed by atoms with E-state index in [1.165, 1.54) is 0 Å². The van der Waals surface area contributed by atoms with Crippen molar-refractivity contribution in [2.45, 2.75) is 58.2 Å². The lowest BCUT2D eigenvalue weighted by Crippen LogP contribution is -2.49. The molecule has 0 amide bonds. The van der Waals surface area contributed by atoms with Crippen LogP contribution in [0.1, 0.15) is 40.0 Å². The van der Waals surface area contributed by atoms with Gasteiger partial charge in [-0.05, 0) is 39.0 Å². The van der Waals surface area contributed by atoms with Gasteiger partial charge in [0.05, 0.1) is 12.7 Å². The Labute approximate surface area is 99.8 Å². The predicted octanol–water partition coefficient (Wildman–Crippen LogP) is 1.89. The third-order valence-corrected chi connectivity index (χ3v) is 3.77. The first kappa shape index (κ1) is 13.9. The molecule has 1 fully saturated rings. The quantitative estimate of drug-likeness (QED) is 0.781. The third-order valence-electron chi connectivity index (χ3n) is 3.77. The van der Waals surface area contributed by atoms with Gasteiger partial charge in [0.1, 0.15) is 0 Å². The van der Waals surface area contributed by atoms with Crippen LogP contribution < -0.4 is 0 Å². The van der Waals surface area contributed by atoms with Crippen molar-refractivity contribution in [1.82, 2.24) is 4.90 Å². The van der Waals surface area contributed by atoms with E-state index >= 15 is 0 Å². The average Bonchev–Trinajstić information content (AvgIpc) is 2.23. The Morgan fingerprint density at radius 1 is 1.38 bits per heavy atom. The zero-order valence-corrected chi connectivity index (χ0v) is 11.1. The Balaban J connectivity index is 2.59. The molecule has 1 rings (SSSR count). The molecular weight excluding hydrogens is 202 g/mol. The largest absolute Gasteiger partial charge is 0.393 e. The second kappa shape index (κ2) is 6.58. The van der Waals surface area contributed by atoms with Crippen LogP contribution in [0.4, 0.5) is 0 Å². The van der Waals surface area contributed by atoms with Gasteiger partial charge < -0.3 is 9.84 Å². The first-order valence-electron chi connectivity index (χ1n) is 6.49. The maximum Gasteiger partial charge on any atom is 0.0589 e. The van der Waals surface area contributed by atoms with Crippen LogP contribution in [0.15, 0.2) is 0 Å². The summed E-state index contributed by atoms with van der Waals surface area (Å²) in [5.41, 5.74) is 0. The molecule has 0 spiro atoms. The summed E-state index contributed by atoms with van der Waals surface area (Å²) in [6.07, 6.45) is 2.92. The molecule has 1 saturated carbocycles. The number of aliphatic hydroxyl groups is 1. The minimum Gasteiger partial charge on any atom is -0.393 e. The summed E-state index contributed by atoms with van der Waals surface area (Å²) >= 11 is 0.